The van der Waals surface area contributed by atoms with E-state index >= 15 is 0 Å². The standard InChI is InChI=1S/C55H47B2N7Si.Pt/c1-37-18-14-19-38(2)52(37)56-61(41-22-10-8-11-23-41)45-31-29-44(64-55-47(27-17-33-58-55)62(42-24-12-9-13-25-42)57(64)53-39(3)20-15-21-40(53)4)34-48(45)63(56)43-30-32-50-49(35-43)60-36-59(5)46-26-16-28-51(54(46)60)65(50,6)7;/h8-33H,1-7H3;/q-2;. The quantitative estimate of drug-likeness (QED) is 0.0945. The minimum absolute atomic E-state index is 0. The first-order chi connectivity index (χ1) is 31.6. The Bertz CT molecular complexity index is 3340. The molecule has 0 fully saturated rings. The average Bonchev–Trinajstić information content (AvgIpc) is 3.96. The van der Waals surface area contributed by atoms with Gasteiger partial charge in [0.05, 0.1) is 23.8 Å². The molecule has 11 heteroatoms. The summed E-state index contributed by atoms with van der Waals surface area (Å²) in [6.45, 7) is 13.4. The van der Waals surface area contributed by atoms with Crippen molar-refractivity contribution in [1.82, 2.24) is 9.55 Å². The van der Waals surface area contributed by atoms with Crippen molar-refractivity contribution in [2.24, 2.45) is 7.05 Å². The van der Waals surface area contributed by atoms with Gasteiger partial charge >= 0.3 is 14.0 Å². The van der Waals surface area contributed by atoms with E-state index < -0.39 is 8.07 Å². The molecule has 0 amide bonds. The van der Waals surface area contributed by atoms with Crippen molar-refractivity contribution in [3.8, 4) is 5.69 Å². The molecule has 3 aliphatic heterocycles. The van der Waals surface area contributed by atoms with Gasteiger partial charge in [-0.3, -0.25) is 0 Å². The molecule has 9 aromatic rings. The van der Waals surface area contributed by atoms with Gasteiger partial charge in [-0.25, -0.2) is 4.98 Å². The van der Waals surface area contributed by atoms with Crippen LogP contribution in [0.4, 0.5) is 45.6 Å². The first-order valence-corrected chi connectivity index (χ1v) is 25.5. The molecule has 0 saturated carbocycles. The summed E-state index contributed by atoms with van der Waals surface area (Å²) in [5.74, 6) is 0.891. The van der Waals surface area contributed by atoms with E-state index in [0.717, 1.165) is 51.3 Å². The Hall–Kier alpha value is -6.60. The monoisotopic (exact) mass is 1050 g/mol. The second kappa shape index (κ2) is 15.8. The predicted molar refractivity (Wildman–Crippen MR) is 272 cm³/mol. The van der Waals surface area contributed by atoms with E-state index in [1.54, 1.807) is 0 Å². The van der Waals surface area contributed by atoms with E-state index in [4.69, 9.17) is 4.98 Å². The molecule has 0 radical (unpaired) electrons. The fourth-order valence-corrected chi connectivity index (χ4v) is 14.0. The van der Waals surface area contributed by atoms with E-state index in [-0.39, 0.29) is 35.0 Å². The maximum absolute atomic E-state index is 5.18. The Morgan fingerprint density at radius 3 is 1.70 bits per heavy atom. The Morgan fingerprint density at radius 1 is 0.515 bits per heavy atom. The van der Waals surface area contributed by atoms with Gasteiger partial charge in [0.1, 0.15) is 5.82 Å². The molecular formula is C55H47B2N7PtSi-2. The zero-order chi connectivity index (χ0) is 44.3. The van der Waals surface area contributed by atoms with Gasteiger partial charge in [-0.15, -0.1) is 24.3 Å². The number of aryl methyl sites for hydroxylation is 5. The molecule has 7 nitrogen and oxygen atoms in total. The zero-order valence-electron chi connectivity index (χ0n) is 38.1. The average molecular weight is 1050 g/mol. The summed E-state index contributed by atoms with van der Waals surface area (Å²) in [4.78, 5) is 15.0. The number of rotatable bonds is 6. The van der Waals surface area contributed by atoms with Crippen molar-refractivity contribution < 1.29 is 25.6 Å². The fourth-order valence-electron chi connectivity index (χ4n) is 11.1. The molecule has 0 bridgehead atoms. The number of benzene rings is 7. The number of hydrogen-bond donors (Lipinski definition) is 0. The SMILES string of the molecule is Cc1cccc(C)c1B1N(c2[c-]c3c(cc2)[Si](C)(C)c2cccc4c2n-3[c-][n+]4C)c2[c-]c(N3B(c4c(C)cccc4C)N(c4ccccc4)c4cccnc43)ccc2N1c1ccccc1.[Pt]. The first kappa shape index (κ1) is 42.1. The third-order valence-electron chi connectivity index (χ3n) is 14.1. The fraction of sp³-hybridized carbons (Fsp3) is 0.127. The van der Waals surface area contributed by atoms with Crippen molar-refractivity contribution in [3.63, 3.8) is 0 Å². The molecule has 7 aromatic carbocycles. The van der Waals surface area contributed by atoms with Crippen molar-refractivity contribution in [1.29, 1.82) is 0 Å². The number of fused-ring (bicyclic) bond motifs is 4. The number of pyridine rings is 1. The van der Waals surface area contributed by atoms with Gasteiger partial charge in [-0.1, -0.05) is 160 Å². The summed E-state index contributed by atoms with van der Waals surface area (Å²) in [6.07, 6.45) is 5.61. The summed E-state index contributed by atoms with van der Waals surface area (Å²) in [6, 6.07) is 63.3. The number of aromatic nitrogens is 3. The van der Waals surface area contributed by atoms with Crippen LogP contribution in [0.25, 0.3) is 16.7 Å². The molecule has 3 aliphatic rings. The Kier molecular flexibility index (Phi) is 10.1. The van der Waals surface area contributed by atoms with Crippen LogP contribution in [0.15, 0.2) is 158 Å². The van der Waals surface area contributed by atoms with Gasteiger partial charge in [-0.05, 0) is 75.0 Å². The van der Waals surface area contributed by atoms with Crippen molar-refractivity contribution >= 4 is 100 Å². The largest absolute Gasteiger partial charge is 0.420 e. The van der Waals surface area contributed by atoms with Crippen LogP contribution in [0.3, 0.4) is 0 Å². The second-order valence-electron chi connectivity index (χ2n) is 18.3. The van der Waals surface area contributed by atoms with Crippen LogP contribution in [0, 0.1) is 46.2 Å². The molecule has 12 rings (SSSR count). The van der Waals surface area contributed by atoms with Gasteiger partial charge in [0, 0.05) is 46.7 Å². The van der Waals surface area contributed by atoms with Gasteiger partial charge < -0.3 is 28.4 Å². The van der Waals surface area contributed by atoms with Crippen LogP contribution >= 0.6 is 0 Å². The molecule has 0 N–H and O–H groups in total. The van der Waals surface area contributed by atoms with Crippen LogP contribution in [0.2, 0.25) is 13.1 Å². The van der Waals surface area contributed by atoms with Crippen LogP contribution < -0.4 is 45.1 Å². The second-order valence-corrected chi connectivity index (χ2v) is 22.7. The smallest absolute Gasteiger partial charge is 0.415 e. The first-order valence-electron chi connectivity index (χ1n) is 22.5. The minimum Gasteiger partial charge on any atom is -0.415 e. The number of anilines is 8. The van der Waals surface area contributed by atoms with Gasteiger partial charge in [0.15, 0.2) is 0 Å². The molecule has 2 aromatic heterocycles. The maximum Gasteiger partial charge on any atom is 0.420 e. The van der Waals surface area contributed by atoms with Gasteiger partial charge in [-0.2, -0.15) is 17.3 Å². The van der Waals surface area contributed by atoms with Crippen molar-refractivity contribution in [2.45, 2.75) is 40.8 Å². The van der Waals surface area contributed by atoms with Crippen molar-refractivity contribution in [3.05, 3.63) is 199 Å². The number of nitrogens with zero attached hydrogens (tertiary/aromatic N) is 7. The van der Waals surface area contributed by atoms with E-state index in [0.29, 0.717) is 0 Å². The van der Waals surface area contributed by atoms with Gasteiger partial charge in [0.2, 0.25) is 6.33 Å². The van der Waals surface area contributed by atoms with Crippen LogP contribution in [0.5, 0.6) is 0 Å². The molecule has 0 aliphatic carbocycles. The molecular weight excluding hydrogens is 1000 g/mol. The molecule has 5 heterocycles. The van der Waals surface area contributed by atoms with Crippen LogP contribution in [-0.2, 0) is 28.1 Å². The molecule has 0 unspecified atom stereocenters. The van der Waals surface area contributed by atoms with Crippen LogP contribution in [-0.4, -0.2) is 31.6 Å². The summed E-state index contributed by atoms with van der Waals surface area (Å²) >= 11 is 0. The Labute approximate surface area is 404 Å². The number of hydrogen-bond acceptors (Lipinski definition) is 5. The maximum atomic E-state index is 5.18. The molecule has 0 atom stereocenters. The van der Waals surface area contributed by atoms with E-state index in [1.807, 2.05) is 12.3 Å². The number of para-hydroxylation sites is 3. The Morgan fingerprint density at radius 2 is 1.06 bits per heavy atom. The van der Waals surface area contributed by atoms with Crippen LogP contribution in [0.1, 0.15) is 22.3 Å². The molecule has 0 saturated heterocycles. The summed E-state index contributed by atoms with van der Waals surface area (Å²) in [7, 11) is -0.0316. The summed E-state index contributed by atoms with van der Waals surface area (Å²) in [5, 5.41) is 2.78. The molecule has 0 spiro atoms. The molecule has 66 heavy (non-hydrogen) atoms. The minimum atomic E-state index is -2.13. The normalized spacial score (nSPS) is 14.4. The van der Waals surface area contributed by atoms with E-state index in [1.165, 1.54) is 54.6 Å². The third-order valence-corrected chi connectivity index (χ3v) is 17.6. The number of imidazole rings is 1. The predicted octanol–water partition coefficient (Wildman–Crippen LogP) is 8.99. The molecule has 324 valence electrons. The third kappa shape index (κ3) is 6.14. The van der Waals surface area contributed by atoms with Gasteiger partial charge in [0.25, 0.3) is 0 Å². The zero-order valence-corrected chi connectivity index (χ0v) is 41.4. The topological polar surface area (TPSA) is 34.7 Å². The van der Waals surface area contributed by atoms with E-state index in [9.17, 15) is 0 Å². The summed E-state index contributed by atoms with van der Waals surface area (Å²) in [5.41, 5.74) is 18.1. The van der Waals surface area contributed by atoms with E-state index in [2.05, 4.69) is 240 Å². The Balaban J connectivity index is 0.00000481. The summed E-state index contributed by atoms with van der Waals surface area (Å²) < 4.78 is 4.40. The van der Waals surface area contributed by atoms with Crippen molar-refractivity contribution in [2.75, 3.05) is 19.2 Å².